The minimum absolute atomic E-state index is 0.611. The SMILES string of the molecule is c1ccc(-c2cc(-c3cccc(-c4ccccn4)c3)nc(-c3ccc(-c4ccc5sc6ccccc6c5c4)c4c3oc3ccccc34)n2)cc1. The van der Waals surface area contributed by atoms with Gasteiger partial charge in [-0.2, -0.15) is 0 Å². The number of nitrogens with zero attached hydrogens (tertiary/aromatic N) is 3. The number of fused-ring (bicyclic) bond motifs is 6. The van der Waals surface area contributed by atoms with E-state index in [-0.39, 0.29) is 0 Å². The van der Waals surface area contributed by atoms with Crippen molar-refractivity contribution in [3.8, 4) is 56.3 Å². The van der Waals surface area contributed by atoms with Crippen LogP contribution in [0.2, 0.25) is 0 Å². The number of hydrogen-bond acceptors (Lipinski definition) is 5. The van der Waals surface area contributed by atoms with E-state index < -0.39 is 0 Å². The normalized spacial score (nSPS) is 11.6. The summed E-state index contributed by atoms with van der Waals surface area (Å²) in [5.41, 5.74) is 10.4. The average molecular weight is 658 g/mol. The summed E-state index contributed by atoms with van der Waals surface area (Å²) in [7, 11) is 0. The molecule has 0 saturated heterocycles. The largest absolute Gasteiger partial charge is 0.455 e. The molecule has 4 heterocycles. The molecule has 0 atom stereocenters. The number of rotatable bonds is 5. The van der Waals surface area contributed by atoms with Gasteiger partial charge in [-0.25, -0.2) is 9.97 Å². The predicted octanol–water partition coefficient (Wildman–Crippen LogP) is 12.5. The van der Waals surface area contributed by atoms with E-state index >= 15 is 0 Å². The molecule has 0 fully saturated rings. The van der Waals surface area contributed by atoms with Crippen LogP contribution in [0.15, 0.2) is 168 Å². The number of para-hydroxylation sites is 1. The van der Waals surface area contributed by atoms with Gasteiger partial charge < -0.3 is 4.42 Å². The van der Waals surface area contributed by atoms with Crippen LogP contribution >= 0.6 is 11.3 Å². The van der Waals surface area contributed by atoms with Crippen molar-refractivity contribution in [2.75, 3.05) is 0 Å². The lowest BCUT2D eigenvalue weighted by Crippen LogP contribution is -1.97. The highest BCUT2D eigenvalue weighted by molar-refractivity contribution is 7.25. The predicted molar refractivity (Wildman–Crippen MR) is 207 cm³/mol. The first kappa shape index (κ1) is 28.6. The third-order valence-electron chi connectivity index (χ3n) is 9.37. The first-order valence-electron chi connectivity index (χ1n) is 16.6. The molecular weight excluding hydrogens is 631 g/mol. The lowest BCUT2D eigenvalue weighted by atomic mass is 9.95. The summed E-state index contributed by atoms with van der Waals surface area (Å²) in [5, 5.41) is 4.68. The van der Waals surface area contributed by atoms with Gasteiger partial charge in [-0.1, -0.05) is 103 Å². The topological polar surface area (TPSA) is 51.8 Å². The fraction of sp³-hybridized carbons (Fsp3) is 0. The van der Waals surface area contributed by atoms with E-state index in [9.17, 15) is 0 Å². The molecule has 0 amide bonds. The first-order valence-corrected chi connectivity index (χ1v) is 17.4. The number of furan rings is 1. The van der Waals surface area contributed by atoms with Gasteiger partial charge in [0.15, 0.2) is 5.82 Å². The van der Waals surface area contributed by atoms with E-state index in [1.807, 2.05) is 66.1 Å². The minimum Gasteiger partial charge on any atom is -0.455 e. The molecule has 0 N–H and O–H groups in total. The van der Waals surface area contributed by atoms with Crippen molar-refractivity contribution in [3.63, 3.8) is 0 Å². The molecule has 0 aliphatic rings. The Morgan fingerprint density at radius 2 is 1.14 bits per heavy atom. The Morgan fingerprint density at radius 1 is 0.440 bits per heavy atom. The maximum atomic E-state index is 6.72. The van der Waals surface area contributed by atoms with Gasteiger partial charge in [0.05, 0.1) is 22.6 Å². The van der Waals surface area contributed by atoms with Crippen LogP contribution in [-0.4, -0.2) is 15.0 Å². The second kappa shape index (κ2) is 11.6. The maximum absolute atomic E-state index is 6.72. The third-order valence-corrected chi connectivity index (χ3v) is 10.5. The number of pyridine rings is 1. The quantitative estimate of drug-likeness (QED) is 0.185. The van der Waals surface area contributed by atoms with Gasteiger partial charge in [0.1, 0.15) is 11.2 Å². The maximum Gasteiger partial charge on any atom is 0.164 e. The van der Waals surface area contributed by atoms with Crippen LogP contribution in [0.4, 0.5) is 0 Å². The number of thiophene rings is 1. The summed E-state index contributed by atoms with van der Waals surface area (Å²) in [6.45, 7) is 0. The highest BCUT2D eigenvalue weighted by Crippen LogP contribution is 2.43. The first-order chi connectivity index (χ1) is 24.8. The molecule has 0 bridgehead atoms. The molecule has 234 valence electrons. The molecule has 10 rings (SSSR count). The molecule has 5 heteroatoms. The monoisotopic (exact) mass is 657 g/mol. The Labute approximate surface area is 292 Å². The van der Waals surface area contributed by atoms with Crippen molar-refractivity contribution >= 4 is 53.4 Å². The molecule has 10 aromatic rings. The van der Waals surface area contributed by atoms with Crippen LogP contribution in [0.3, 0.4) is 0 Å². The fourth-order valence-electron chi connectivity index (χ4n) is 6.98. The van der Waals surface area contributed by atoms with Crippen molar-refractivity contribution < 1.29 is 4.42 Å². The Morgan fingerprint density at radius 3 is 2.00 bits per heavy atom. The van der Waals surface area contributed by atoms with Crippen LogP contribution < -0.4 is 0 Å². The van der Waals surface area contributed by atoms with Gasteiger partial charge in [0, 0.05) is 53.8 Å². The highest BCUT2D eigenvalue weighted by atomic mass is 32.1. The molecule has 0 aliphatic heterocycles. The van der Waals surface area contributed by atoms with Gasteiger partial charge in [0.2, 0.25) is 0 Å². The molecule has 4 nitrogen and oxygen atoms in total. The van der Waals surface area contributed by atoms with E-state index in [2.05, 4.69) is 114 Å². The van der Waals surface area contributed by atoms with Crippen molar-refractivity contribution in [2.24, 2.45) is 0 Å². The Kier molecular flexibility index (Phi) is 6.64. The second-order valence-corrected chi connectivity index (χ2v) is 13.5. The summed E-state index contributed by atoms with van der Waals surface area (Å²) >= 11 is 1.83. The Hall–Kier alpha value is -6.43. The average Bonchev–Trinajstić information content (AvgIpc) is 3.77. The summed E-state index contributed by atoms with van der Waals surface area (Å²) < 4.78 is 9.30. The highest BCUT2D eigenvalue weighted by Gasteiger charge is 2.21. The fourth-order valence-corrected chi connectivity index (χ4v) is 8.07. The van der Waals surface area contributed by atoms with E-state index in [1.54, 1.807) is 0 Å². The molecule has 0 unspecified atom stereocenters. The summed E-state index contributed by atoms with van der Waals surface area (Å²) in [6.07, 6.45) is 1.82. The number of hydrogen-bond donors (Lipinski definition) is 0. The van der Waals surface area contributed by atoms with Gasteiger partial charge in [-0.3, -0.25) is 4.98 Å². The van der Waals surface area contributed by atoms with Crippen molar-refractivity contribution in [2.45, 2.75) is 0 Å². The van der Waals surface area contributed by atoms with Gasteiger partial charge in [-0.15, -0.1) is 11.3 Å². The summed E-state index contributed by atoms with van der Waals surface area (Å²) in [4.78, 5) is 15.0. The zero-order valence-corrected chi connectivity index (χ0v) is 27.6. The molecule has 0 aliphatic carbocycles. The molecule has 0 spiro atoms. The van der Waals surface area contributed by atoms with E-state index in [0.29, 0.717) is 5.82 Å². The standard InChI is InChI=1S/C45H27N3OS/c1-2-11-28(12-3-1)38-27-39(31-14-10-13-30(25-31)37-17-8-9-24-46-37)48-45(47-38)35-22-21-32(43-34-16-4-6-18-40(34)49-44(35)43)29-20-23-42-36(26-29)33-15-5-7-19-41(33)50-42/h1-27H. The van der Waals surface area contributed by atoms with Crippen molar-refractivity contribution in [1.29, 1.82) is 0 Å². The zero-order valence-electron chi connectivity index (χ0n) is 26.7. The van der Waals surface area contributed by atoms with Crippen LogP contribution in [0.5, 0.6) is 0 Å². The van der Waals surface area contributed by atoms with Gasteiger partial charge in [-0.05, 0) is 65.7 Å². The summed E-state index contributed by atoms with van der Waals surface area (Å²) in [6, 6.07) is 54.7. The van der Waals surface area contributed by atoms with E-state index in [0.717, 1.165) is 72.4 Å². The second-order valence-electron chi connectivity index (χ2n) is 12.4. The number of benzene rings is 6. The molecular formula is C45H27N3OS. The van der Waals surface area contributed by atoms with Gasteiger partial charge in [0.25, 0.3) is 0 Å². The number of aromatic nitrogens is 3. The van der Waals surface area contributed by atoms with Crippen molar-refractivity contribution in [3.05, 3.63) is 164 Å². The van der Waals surface area contributed by atoms with Crippen LogP contribution in [0.1, 0.15) is 0 Å². The smallest absolute Gasteiger partial charge is 0.164 e. The Balaban J connectivity index is 1.20. The van der Waals surface area contributed by atoms with Crippen LogP contribution in [-0.2, 0) is 0 Å². The molecule has 4 aromatic heterocycles. The molecule has 0 radical (unpaired) electrons. The molecule has 50 heavy (non-hydrogen) atoms. The Bertz CT molecular complexity index is 2870. The van der Waals surface area contributed by atoms with E-state index in [1.165, 1.54) is 20.2 Å². The third kappa shape index (κ3) is 4.79. The zero-order chi connectivity index (χ0) is 33.0. The molecule has 0 saturated carbocycles. The van der Waals surface area contributed by atoms with Crippen molar-refractivity contribution in [1.82, 2.24) is 15.0 Å². The minimum atomic E-state index is 0.611. The van der Waals surface area contributed by atoms with Crippen LogP contribution in [0, 0.1) is 0 Å². The van der Waals surface area contributed by atoms with Crippen LogP contribution in [0.25, 0.3) is 98.4 Å². The lowest BCUT2D eigenvalue weighted by molar-refractivity contribution is 0.669. The summed E-state index contributed by atoms with van der Waals surface area (Å²) in [5.74, 6) is 0.611. The van der Waals surface area contributed by atoms with Gasteiger partial charge >= 0.3 is 0 Å². The van der Waals surface area contributed by atoms with E-state index in [4.69, 9.17) is 14.4 Å². The molecule has 6 aromatic carbocycles. The lowest BCUT2D eigenvalue weighted by Gasteiger charge is -2.12.